The van der Waals surface area contributed by atoms with E-state index in [1.807, 2.05) is 0 Å². The fourth-order valence-electron chi connectivity index (χ4n) is 3.90. The predicted molar refractivity (Wildman–Crippen MR) is 92.8 cm³/mol. The van der Waals surface area contributed by atoms with E-state index < -0.39 is 0 Å². The Hall–Kier alpha value is -2.15. The van der Waals surface area contributed by atoms with Crippen molar-refractivity contribution in [2.24, 2.45) is 5.92 Å². The van der Waals surface area contributed by atoms with Gasteiger partial charge >= 0.3 is 6.03 Å². The number of nitrogens with one attached hydrogen (secondary N) is 2. The van der Waals surface area contributed by atoms with Crippen LogP contribution in [0, 0.1) is 11.7 Å². The maximum atomic E-state index is 13.2. The number of carbonyl (C=O) groups excluding carboxylic acids is 2. The lowest BCUT2D eigenvalue weighted by Gasteiger charge is -2.33. The van der Waals surface area contributed by atoms with Gasteiger partial charge in [-0.25, -0.2) is 9.18 Å². The predicted octanol–water partition coefficient (Wildman–Crippen LogP) is 1.79. The SMILES string of the molecule is O=C(NC1CCC1)[C@H]1C[C@@H]2CN(C(=O)NCc3cccc(F)c3)C[C@H]1O2. The quantitative estimate of drug-likeness (QED) is 0.859. The van der Waals surface area contributed by atoms with E-state index in [-0.39, 0.29) is 42.4 Å². The highest BCUT2D eigenvalue weighted by atomic mass is 19.1. The maximum absolute atomic E-state index is 13.2. The van der Waals surface area contributed by atoms with Gasteiger partial charge in [0.15, 0.2) is 0 Å². The van der Waals surface area contributed by atoms with Gasteiger partial charge < -0.3 is 20.3 Å². The van der Waals surface area contributed by atoms with Gasteiger partial charge in [-0.2, -0.15) is 0 Å². The molecule has 2 aliphatic heterocycles. The van der Waals surface area contributed by atoms with Crippen LogP contribution in [-0.4, -0.2) is 48.2 Å². The Kier molecular flexibility index (Phi) is 4.80. The molecule has 1 saturated carbocycles. The van der Waals surface area contributed by atoms with Gasteiger partial charge in [-0.15, -0.1) is 0 Å². The number of benzene rings is 1. The number of rotatable bonds is 4. The number of fused-ring (bicyclic) bond motifs is 2. The summed E-state index contributed by atoms with van der Waals surface area (Å²) in [6.07, 6.45) is 3.62. The average Bonchev–Trinajstić information content (AvgIpc) is 2.90. The number of urea groups is 1. The van der Waals surface area contributed by atoms with Gasteiger partial charge in [-0.3, -0.25) is 4.79 Å². The van der Waals surface area contributed by atoms with Crippen LogP contribution >= 0.6 is 0 Å². The van der Waals surface area contributed by atoms with Crippen LogP contribution < -0.4 is 10.6 Å². The first kappa shape index (κ1) is 17.3. The van der Waals surface area contributed by atoms with Crippen molar-refractivity contribution in [1.82, 2.24) is 15.5 Å². The Morgan fingerprint density at radius 3 is 2.85 bits per heavy atom. The van der Waals surface area contributed by atoms with Crippen molar-refractivity contribution in [3.8, 4) is 0 Å². The number of amides is 3. The Balaban J connectivity index is 1.30. The Labute approximate surface area is 152 Å². The number of morpholine rings is 1. The first-order valence-corrected chi connectivity index (χ1v) is 9.31. The molecule has 2 bridgehead atoms. The number of hydrogen-bond acceptors (Lipinski definition) is 3. The van der Waals surface area contributed by atoms with Crippen LogP contribution in [0.4, 0.5) is 9.18 Å². The molecule has 0 radical (unpaired) electrons. The molecule has 1 aromatic rings. The summed E-state index contributed by atoms with van der Waals surface area (Å²) in [5.74, 6) is -0.438. The zero-order valence-corrected chi connectivity index (χ0v) is 14.6. The number of carbonyl (C=O) groups is 2. The number of likely N-dealkylation sites (tertiary alicyclic amines) is 1. The molecule has 3 fully saturated rings. The zero-order valence-electron chi connectivity index (χ0n) is 14.6. The molecule has 0 spiro atoms. The van der Waals surface area contributed by atoms with Gasteiger partial charge in [0, 0.05) is 25.7 Å². The monoisotopic (exact) mass is 361 g/mol. The summed E-state index contributed by atoms with van der Waals surface area (Å²) in [5, 5.41) is 5.92. The van der Waals surface area contributed by atoms with Crippen LogP contribution in [0.5, 0.6) is 0 Å². The van der Waals surface area contributed by atoms with Gasteiger partial charge in [0.1, 0.15) is 5.82 Å². The molecule has 2 heterocycles. The highest BCUT2D eigenvalue weighted by Gasteiger charge is 2.46. The number of ether oxygens (including phenoxy) is 1. The summed E-state index contributed by atoms with van der Waals surface area (Å²) < 4.78 is 19.1. The van der Waals surface area contributed by atoms with Crippen molar-refractivity contribution in [3.63, 3.8) is 0 Å². The van der Waals surface area contributed by atoms with Crippen molar-refractivity contribution in [2.75, 3.05) is 13.1 Å². The third-order valence-corrected chi connectivity index (χ3v) is 5.57. The van der Waals surface area contributed by atoms with Crippen molar-refractivity contribution in [3.05, 3.63) is 35.6 Å². The minimum Gasteiger partial charge on any atom is -0.370 e. The summed E-state index contributed by atoms with van der Waals surface area (Å²) in [5.41, 5.74) is 0.715. The van der Waals surface area contributed by atoms with E-state index in [1.54, 1.807) is 17.0 Å². The molecule has 0 aromatic heterocycles. The van der Waals surface area contributed by atoms with Gasteiger partial charge in [0.25, 0.3) is 0 Å². The molecule has 140 valence electrons. The van der Waals surface area contributed by atoms with Crippen LogP contribution in [0.15, 0.2) is 24.3 Å². The highest BCUT2D eigenvalue weighted by Crippen LogP contribution is 2.32. The Morgan fingerprint density at radius 1 is 1.27 bits per heavy atom. The van der Waals surface area contributed by atoms with Gasteiger partial charge in [-0.1, -0.05) is 12.1 Å². The molecule has 2 saturated heterocycles. The third-order valence-electron chi connectivity index (χ3n) is 5.57. The molecule has 4 rings (SSSR count). The molecule has 1 aromatic carbocycles. The largest absolute Gasteiger partial charge is 0.370 e. The van der Waals surface area contributed by atoms with Crippen molar-refractivity contribution in [2.45, 2.75) is 50.5 Å². The first-order chi connectivity index (χ1) is 12.6. The number of nitrogens with zero attached hydrogens (tertiary/aromatic N) is 1. The minimum absolute atomic E-state index is 0.0595. The lowest BCUT2D eigenvalue weighted by molar-refractivity contribution is -0.128. The topological polar surface area (TPSA) is 70.7 Å². The normalized spacial score (nSPS) is 27.7. The molecule has 3 amide bonds. The van der Waals surface area contributed by atoms with Crippen molar-refractivity contribution in [1.29, 1.82) is 0 Å². The van der Waals surface area contributed by atoms with Crippen LogP contribution in [0.3, 0.4) is 0 Å². The molecular weight excluding hydrogens is 337 g/mol. The summed E-state index contributed by atoms with van der Waals surface area (Å²) in [4.78, 5) is 26.6. The maximum Gasteiger partial charge on any atom is 0.317 e. The highest BCUT2D eigenvalue weighted by molar-refractivity contribution is 5.80. The third kappa shape index (κ3) is 3.67. The van der Waals surface area contributed by atoms with E-state index in [0.717, 1.165) is 12.8 Å². The fourth-order valence-corrected chi connectivity index (χ4v) is 3.90. The molecular formula is C19H24FN3O3. The lowest BCUT2D eigenvalue weighted by atomic mass is 9.91. The Bertz CT molecular complexity index is 694. The van der Waals surface area contributed by atoms with E-state index in [1.165, 1.54) is 18.6 Å². The summed E-state index contributed by atoms with van der Waals surface area (Å²) >= 11 is 0. The molecule has 7 heteroatoms. The number of halogens is 1. The van der Waals surface area contributed by atoms with Gasteiger partial charge in [0.2, 0.25) is 5.91 Å². The van der Waals surface area contributed by atoms with E-state index in [9.17, 15) is 14.0 Å². The summed E-state index contributed by atoms with van der Waals surface area (Å²) in [6, 6.07) is 6.29. The second-order valence-corrected chi connectivity index (χ2v) is 7.47. The van der Waals surface area contributed by atoms with E-state index in [2.05, 4.69) is 10.6 Å². The number of hydrogen-bond donors (Lipinski definition) is 2. The molecule has 3 atom stereocenters. The van der Waals surface area contributed by atoms with Crippen LogP contribution in [0.2, 0.25) is 0 Å². The van der Waals surface area contributed by atoms with Crippen LogP contribution in [-0.2, 0) is 16.1 Å². The molecule has 0 unspecified atom stereocenters. The second kappa shape index (κ2) is 7.23. The van der Waals surface area contributed by atoms with Crippen LogP contribution in [0.1, 0.15) is 31.2 Å². The first-order valence-electron chi connectivity index (χ1n) is 9.31. The van der Waals surface area contributed by atoms with E-state index >= 15 is 0 Å². The second-order valence-electron chi connectivity index (χ2n) is 7.47. The summed E-state index contributed by atoms with van der Waals surface area (Å²) in [7, 11) is 0. The Morgan fingerprint density at radius 2 is 2.12 bits per heavy atom. The van der Waals surface area contributed by atoms with Gasteiger partial charge in [-0.05, 0) is 43.4 Å². The molecule has 1 aliphatic carbocycles. The molecule has 26 heavy (non-hydrogen) atoms. The minimum atomic E-state index is -0.318. The lowest BCUT2D eigenvalue weighted by Crippen LogP contribution is -2.51. The van der Waals surface area contributed by atoms with Crippen LogP contribution in [0.25, 0.3) is 0 Å². The standard InChI is InChI=1S/C19H24FN3O3/c20-13-4-1-3-12(7-13)9-21-19(25)23-10-15-8-16(17(11-23)26-15)18(24)22-14-5-2-6-14/h1,3-4,7,14-17H,2,5-6,8-11H2,(H,21,25)(H,22,24)/t15-,16+,17-/m1/s1. The zero-order chi connectivity index (χ0) is 18.1. The van der Waals surface area contributed by atoms with E-state index in [0.29, 0.717) is 31.1 Å². The smallest absolute Gasteiger partial charge is 0.317 e. The summed E-state index contributed by atoms with van der Waals surface area (Å²) in [6.45, 7) is 1.17. The average molecular weight is 361 g/mol. The van der Waals surface area contributed by atoms with E-state index in [4.69, 9.17) is 4.74 Å². The fraction of sp³-hybridized carbons (Fsp3) is 0.579. The molecule has 6 nitrogen and oxygen atoms in total. The van der Waals surface area contributed by atoms with Crippen molar-refractivity contribution >= 4 is 11.9 Å². The van der Waals surface area contributed by atoms with Gasteiger partial charge in [0.05, 0.1) is 18.1 Å². The molecule has 2 N–H and O–H groups in total. The van der Waals surface area contributed by atoms with Crippen molar-refractivity contribution < 1.29 is 18.7 Å². The molecule has 3 aliphatic rings.